The second kappa shape index (κ2) is 10.4. The van der Waals surface area contributed by atoms with Crippen LogP contribution in [0.3, 0.4) is 0 Å². The molecule has 4 nitrogen and oxygen atoms in total. The van der Waals surface area contributed by atoms with Crippen molar-refractivity contribution in [3.8, 4) is 0 Å². The molecule has 0 aromatic carbocycles. The van der Waals surface area contributed by atoms with Crippen molar-refractivity contribution >= 4 is 5.97 Å². The van der Waals surface area contributed by atoms with Gasteiger partial charge in [-0.1, -0.05) is 18.2 Å². The number of rotatable bonds is 10. The van der Waals surface area contributed by atoms with Crippen LogP contribution in [-0.4, -0.2) is 47.3 Å². The minimum atomic E-state index is -0.490. The lowest BCUT2D eigenvalue weighted by Gasteiger charge is -2.20. The van der Waals surface area contributed by atoms with E-state index in [4.69, 9.17) is 4.74 Å². The van der Waals surface area contributed by atoms with E-state index in [0.717, 1.165) is 19.6 Å². The first kappa shape index (κ1) is 19.6. The van der Waals surface area contributed by atoms with E-state index in [1.54, 1.807) is 6.08 Å². The van der Waals surface area contributed by atoms with Gasteiger partial charge < -0.3 is 9.84 Å². The molecule has 21 heavy (non-hydrogen) atoms. The van der Waals surface area contributed by atoms with Gasteiger partial charge in [0.25, 0.3) is 0 Å². The van der Waals surface area contributed by atoms with Gasteiger partial charge >= 0.3 is 5.97 Å². The number of carbonyl (C=O) groups is 1. The summed E-state index contributed by atoms with van der Waals surface area (Å²) in [7, 11) is 0. The van der Waals surface area contributed by atoms with E-state index in [0.29, 0.717) is 12.8 Å². The molecule has 0 rings (SSSR count). The number of aliphatic hydroxyl groups is 1. The Bertz CT molecular complexity index is 346. The first-order valence-electron chi connectivity index (χ1n) is 7.30. The lowest BCUT2D eigenvalue weighted by atomic mass is 10.1. The maximum absolute atomic E-state index is 11.5. The van der Waals surface area contributed by atoms with Crippen LogP contribution in [0.15, 0.2) is 37.5 Å². The van der Waals surface area contributed by atoms with Gasteiger partial charge in [0, 0.05) is 25.7 Å². The van der Waals surface area contributed by atoms with Crippen molar-refractivity contribution in [2.24, 2.45) is 0 Å². The first-order valence-corrected chi connectivity index (χ1v) is 7.30. The Hall–Kier alpha value is -1.39. The largest absolute Gasteiger partial charge is 0.457 e. The third-order valence-corrected chi connectivity index (χ3v) is 2.62. The number of carbonyl (C=O) groups excluding carboxylic acids is 1. The second-order valence-electron chi connectivity index (χ2n) is 5.95. The average Bonchev–Trinajstić information content (AvgIpc) is 2.34. The summed E-state index contributed by atoms with van der Waals surface area (Å²) in [5, 5.41) is 9.90. The lowest BCUT2D eigenvalue weighted by molar-refractivity contribution is -0.148. The minimum Gasteiger partial charge on any atom is -0.457 e. The number of hydrogen-bond donors (Lipinski definition) is 1. The lowest BCUT2D eigenvalue weighted by Crippen LogP contribution is -2.27. The summed E-state index contributed by atoms with van der Waals surface area (Å²) in [5.41, 5.74) is -0.490. The summed E-state index contributed by atoms with van der Waals surface area (Å²) in [6.45, 7) is 15.2. The number of ether oxygens (including phenoxy) is 1. The first-order chi connectivity index (χ1) is 9.78. The Morgan fingerprint density at radius 2 is 1.86 bits per heavy atom. The molecule has 0 aromatic heterocycles. The molecule has 120 valence electrons. The van der Waals surface area contributed by atoms with Crippen molar-refractivity contribution in [2.45, 2.75) is 45.3 Å². The molecule has 0 radical (unpaired) electrons. The number of aliphatic hydroxyl groups excluding tert-OH is 1. The molecular weight excluding hydrogens is 266 g/mol. The standard InChI is InChI=1S/C17H29NO3/c1-6-12-18(13-7-2)14-11-15(19)9-8-10-16(20)21-17(3,4)5/h6-8,10,15,19H,1-2,9,11-14H2,3-5H3/b10-8+/t15-/m0/s1. The summed E-state index contributed by atoms with van der Waals surface area (Å²) in [6, 6.07) is 0. The van der Waals surface area contributed by atoms with E-state index < -0.39 is 11.7 Å². The zero-order valence-corrected chi connectivity index (χ0v) is 13.5. The SMILES string of the molecule is C=CCN(CC=C)CC[C@@H](O)C/C=C/C(=O)OC(C)(C)C. The van der Waals surface area contributed by atoms with Crippen LogP contribution in [0.4, 0.5) is 0 Å². The van der Waals surface area contributed by atoms with Crippen LogP contribution in [-0.2, 0) is 9.53 Å². The van der Waals surface area contributed by atoms with E-state index in [2.05, 4.69) is 18.1 Å². The molecular formula is C17H29NO3. The van der Waals surface area contributed by atoms with Gasteiger partial charge in [-0.3, -0.25) is 4.90 Å². The fraction of sp³-hybridized carbons (Fsp3) is 0.588. The Labute approximate surface area is 128 Å². The van der Waals surface area contributed by atoms with E-state index in [-0.39, 0.29) is 5.97 Å². The number of esters is 1. The molecule has 0 aliphatic rings. The van der Waals surface area contributed by atoms with Crippen LogP contribution in [0.5, 0.6) is 0 Å². The van der Waals surface area contributed by atoms with Crippen LogP contribution >= 0.6 is 0 Å². The maximum atomic E-state index is 11.5. The average molecular weight is 295 g/mol. The molecule has 0 fully saturated rings. The summed E-state index contributed by atoms with van der Waals surface area (Å²) < 4.78 is 5.14. The fourth-order valence-corrected chi connectivity index (χ4v) is 1.73. The molecule has 0 heterocycles. The van der Waals surface area contributed by atoms with Gasteiger partial charge in [0.1, 0.15) is 5.60 Å². The predicted molar refractivity (Wildman–Crippen MR) is 87.1 cm³/mol. The van der Waals surface area contributed by atoms with Gasteiger partial charge in [-0.15, -0.1) is 13.2 Å². The smallest absolute Gasteiger partial charge is 0.330 e. The molecule has 0 spiro atoms. The molecule has 1 N–H and O–H groups in total. The van der Waals surface area contributed by atoms with Gasteiger partial charge in [0.2, 0.25) is 0 Å². The summed E-state index contributed by atoms with van der Waals surface area (Å²) in [4.78, 5) is 13.6. The van der Waals surface area contributed by atoms with Gasteiger partial charge in [0.05, 0.1) is 6.10 Å². The van der Waals surface area contributed by atoms with Gasteiger partial charge in [-0.2, -0.15) is 0 Å². The molecule has 0 saturated heterocycles. The van der Waals surface area contributed by atoms with Crippen molar-refractivity contribution in [3.05, 3.63) is 37.5 Å². The highest BCUT2D eigenvalue weighted by Gasteiger charge is 2.14. The Kier molecular flexibility index (Phi) is 9.67. The molecule has 0 aromatic rings. The molecule has 0 aliphatic heterocycles. The van der Waals surface area contributed by atoms with Crippen molar-refractivity contribution in [3.63, 3.8) is 0 Å². The molecule has 0 saturated carbocycles. The maximum Gasteiger partial charge on any atom is 0.330 e. The van der Waals surface area contributed by atoms with Crippen LogP contribution in [0.1, 0.15) is 33.6 Å². The van der Waals surface area contributed by atoms with Crippen LogP contribution in [0.2, 0.25) is 0 Å². The highest BCUT2D eigenvalue weighted by molar-refractivity contribution is 5.82. The molecule has 0 aliphatic carbocycles. The topological polar surface area (TPSA) is 49.8 Å². The molecule has 1 atom stereocenters. The zero-order valence-electron chi connectivity index (χ0n) is 13.5. The van der Waals surface area contributed by atoms with Crippen LogP contribution in [0.25, 0.3) is 0 Å². The van der Waals surface area contributed by atoms with Gasteiger partial charge in [-0.05, 0) is 33.6 Å². The fourth-order valence-electron chi connectivity index (χ4n) is 1.73. The van der Waals surface area contributed by atoms with Crippen molar-refractivity contribution in [2.75, 3.05) is 19.6 Å². The number of hydrogen-bond acceptors (Lipinski definition) is 4. The third-order valence-electron chi connectivity index (χ3n) is 2.62. The highest BCUT2D eigenvalue weighted by Crippen LogP contribution is 2.08. The zero-order chi connectivity index (χ0) is 16.3. The summed E-state index contributed by atoms with van der Waals surface area (Å²) in [6.07, 6.45) is 7.30. The van der Waals surface area contributed by atoms with Crippen molar-refractivity contribution in [1.82, 2.24) is 4.90 Å². The predicted octanol–water partition coefficient (Wildman–Crippen LogP) is 2.70. The van der Waals surface area contributed by atoms with Crippen molar-refractivity contribution < 1.29 is 14.6 Å². The Balaban J connectivity index is 4.03. The van der Waals surface area contributed by atoms with Crippen molar-refractivity contribution in [1.29, 1.82) is 0 Å². The van der Waals surface area contributed by atoms with E-state index in [1.807, 2.05) is 32.9 Å². The highest BCUT2D eigenvalue weighted by atomic mass is 16.6. The Morgan fingerprint density at radius 1 is 1.29 bits per heavy atom. The van der Waals surface area contributed by atoms with Gasteiger partial charge in [0.15, 0.2) is 0 Å². The third kappa shape index (κ3) is 12.1. The van der Waals surface area contributed by atoms with E-state index >= 15 is 0 Å². The van der Waals surface area contributed by atoms with Crippen LogP contribution < -0.4 is 0 Å². The molecule has 4 heteroatoms. The summed E-state index contributed by atoms with van der Waals surface area (Å²) >= 11 is 0. The van der Waals surface area contributed by atoms with Crippen LogP contribution in [0, 0.1) is 0 Å². The summed E-state index contributed by atoms with van der Waals surface area (Å²) in [5.74, 6) is -0.380. The second-order valence-corrected chi connectivity index (χ2v) is 5.95. The van der Waals surface area contributed by atoms with E-state index in [1.165, 1.54) is 6.08 Å². The van der Waals surface area contributed by atoms with E-state index in [9.17, 15) is 9.90 Å². The normalized spacial score (nSPS) is 13.4. The minimum absolute atomic E-state index is 0.380. The molecule has 0 bridgehead atoms. The Morgan fingerprint density at radius 3 is 2.33 bits per heavy atom. The monoisotopic (exact) mass is 295 g/mol. The molecule has 0 amide bonds. The van der Waals surface area contributed by atoms with Gasteiger partial charge in [-0.25, -0.2) is 4.79 Å². The number of nitrogens with zero attached hydrogens (tertiary/aromatic N) is 1. The molecule has 0 unspecified atom stereocenters. The quantitative estimate of drug-likeness (QED) is 0.382.